The normalized spacial score (nSPS) is 12.0. The highest BCUT2D eigenvalue weighted by Gasteiger charge is 2.39. The summed E-state index contributed by atoms with van der Waals surface area (Å²) in [5.74, 6) is -0.672. The largest absolute Gasteiger partial charge is 0.419 e. The molecule has 0 aliphatic carbocycles. The number of aromatic nitrogens is 2. The number of pyridine rings is 2. The molecule has 4 aromatic rings. The molecule has 0 fully saturated rings. The Kier molecular flexibility index (Phi) is 3.35. The molecule has 0 saturated carbocycles. The average Bonchev–Trinajstić information content (AvgIpc) is 3.09. The Morgan fingerprint density at radius 1 is 0.960 bits per heavy atom. The second kappa shape index (κ2) is 5.44. The summed E-state index contributed by atoms with van der Waals surface area (Å²) in [5, 5.41) is 0.173. The molecular weight excluding hydrogens is 329 g/mol. The third kappa shape index (κ3) is 2.38. The minimum absolute atomic E-state index is 0.0505. The molecule has 3 aromatic heterocycles. The summed E-state index contributed by atoms with van der Waals surface area (Å²) in [7, 11) is 0. The van der Waals surface area contributed by atoms with E-state index in [0.29, 0.717) is 5.52 Å². The summed E-state index contributed by atoms with van der Waals surface area (Å²) in [4.78, 5) is 16.9. The summed E-state index contributed by atoms with van der Waals surface area (Å²) in [6, 6.07) is 12.5. The highest BCUT2D eigenvalue weighted by atomic mass is 19.4. The van der Waals surface area contributed by atoms with Gasteiger partial charge in [0.2, 0.25) is 0 Å². The molecule has 4 rings (SSSR count). The van der Waals surface area contributed by atoms with Crippen LogP contribution in [0.3, 0.4) is 0 Å². The molecule has 0 spiro atoms. The van der Waals surface area contributed by atoms with E-state index in [9.17, 15) is 18.0 Å². The lowest BCUT2D eigenvalue weighted by Gasteiger charge is -2.17. The fraction of sp³-hybridized carbons (Fsp3) is 0.0526. The van der Waals surface area contributed by atoms with Crippen molar-refractivity contribution in [2.24, 2.45) is 0 Å². The number of carbonyl (C=O) groups excluding carboxylic acids is 1. The molecule has 3 nitrogen and oxygen atoms in total. The van der Waals surface area contributed by atoms with Gasteiger partial charge in [-0.25, -0.2) is 0 Å². The summed E-state index contributed by atoms with van der Waals surface area (Å²) in [6.45, 7) is 0. The summed E-state index contributed by atoms with van der Waals surface area (Å²) >= 11 is 0. The van der Waals surface area contributed by atoms with E-state index >= 15 is 0 Å². The van der Waals surface area contributed by atoms with Crippen molar-refractivity contribution in [3.63, 3.8) is 0 Å². The van der Waals surface area contributed by atoms with E-state index in [1.54, 1.807) is 30.5 Å². The van der Waals surface area contributed by atoms with Crippen LogP contribution < -0.4 is 0 Å². The Morgan fingerprint density at radius 2 is 1.72 bits per heavy atom. The van der Waals surface area contributed by atoms with Crippen molar-refractivity contribution < 1.29 is 18.0 Å². The first kappa shape index (κ1) is 15.4. The molecule has 0 aliphatic heterocycles. The molecule has 1 aromatic carbocycles. The number of hydrogen-bond donors (Lipinski definition) is 0. The number of alkyl halides is 3. The van der Waals surface area contributed by atoms with Gasteiger partial charge in [0.05, 0.1) is 16.6 Å². The van der Waals surface area contributed by atoms with E-state index < -0.39 is 17.5 Å². The quantitative estimate of drug-likeness (QED) is 0.494. The minimum Gasteiger partial charge on any atom is -0.316 e. The SMILES string of the molecule is O=C(c1ccccc1)c1c(C(F)(F)F)c2cccn2c2ccncc12. The maximum atomic E-state index is 13.9. The van der Waals surface area contributed by atoms with Gasteiger partial charge in [-0.3, -0.25) is 9.78 Å². The zero-order valence-electron chi connectivity index (χ0n) is 12.8. The molecule has 0 radical (unpaired) electrons. The van der Waals surface area contributed by atoms with E-state index in [1.165, 1.54) is 41.1 Å². The van der Waals surface area contributed by atoms with Crippen LogP contribution in [0.2, 0.25) is 0 Å². The van der Waals surface area contributed by atoms with E-state index in [4.69, 9.17) is 0 Å². The fourth-order valence-electron chi connectivity index (χ4n) is 3.10. The molecule has 6 heteroatoms. The van der Waals surface area contributed by atoms with Crippen molar-refractivity contribution in [1.82, 2.24) is 9.38 Å². The van der Waals surface area contributed by atoms with E-state index in [2.05, 4.69) is 4.98 Å². The first-order valence-electron chi connectivity index (χ1n) is 7.52. The lowest BCUT2D eigenvalue weighted by Crippen LogP contribution is -2.17. The highest BCUT2D eigenvalue weighted by Crippen LogP contribution is 2.39. The van der Waals surface area contributed by atoms with Gasteiger partial charge in [-0.15, -0.1) is 0 Å². The van der Waals surface area contributed by atoms with Crippen molar-refractivity contribution in [3.8, 4) is 0 Å². The lowest BCUT2D eigenvalue weighted by molar-refractivity contribution is -0.136. The third-order valence-corrected chi connectivity index (χ3v) is 4.13. The Balaban J connectivity index is 2.18. The van der Waals surface area contributed by atoms with Gasteiger partial charge in [-0.2, -0.15) is 13.2 Å². The van der Waals surface area contributed by atoms with Crippen LogP contribution in [-0.4, -0.2) is 15.2 Å². The number of hydrogen-bond acceptors (Lipinski definition) is 2. The molecule has 0 amide bonds. The predicted molar refractivity (Wildman–Crippen MR) is 87.6 cm³/mol. The Bertz CT molecular complexity index is 1100. The van der Waals surface area contributed by atoms with Crippen molar-refractivity contribution in [1.29, 1.82) is 0 Å². The maximum Gasteiger partial charge on any atom is 0.419 e. The second-order valence-electron chi connectivity index (χ2n) is 5.60. The number of benzene rings is 1. The Hall–Kier alpha value is -3.15. The molecule has 25 heavy (non-hydrogen) atoms. The number of fused-ring (bicyclic) bond motifs is 3. The summed E-state index contributed by atoms with van der Waals surface area (Å²) < 4.78 is 43.1. The van der Waals surface area contributed by atoms with Crippen LogP contribution >= 0.6 is 0 Å². The zero-order chi connectivity index (χ0) is 17.6. The zero-order valence-corrected chi connectivity index (χ0v) is 12.8. The predicted octanol–water partition coefficient (Wildman–Crippen LogP) is 4.74. The molecular formula is C19H11F3N2O. The summed E-state index contributed by atoms with van der Waals surface area (Å²) in [5.41, 5.74) is -0.651. The van der Waals surface area contributed by atoms with Crippen LogP contribution in [0, 0.1) is 0 Å². The van der Waals surface area contributed by atoms with Crippen LogP contribution in [0.4, 0.5) is 13.2 Å². The third-order valence-electron chi connectivity index (χ3n) is 4.13. The van der Waals surface area contributed by atoms with Crippen LogP contribution in [-0.2, 0) is 6.18 Å². The van der Waals surface area contributed by atoms with Gasteiger partial charge in [0.1, 0.15) is 0 Å². The molecule has 0 bridgehead atoms. The molecule has 124 valence electrons. The number of halogens is 3. The van der Waals surface area contributed by atoms with Crippen molar-refractivity contribution in [2.75, 3.05) is 0 Å². The first-order valence-corrected chi connectivity index (χ1v) is 7.52. The Labute approximate surface area is 140 Å². The Morgan fingerprint density at radius 3 is 2.44 bits per heavy atom. The van der Waals surface area contributed by atoms with Gasteiger partial charge < -0.3 is 4.40 Å². The highest BCUT2D eigenvalue weighted by molar-refractivity contribution is 6.18. The number of rotatable bonds is 2. The standard InChI is InChI=1S/C19H11F3N2O/c20-19(21,22)17-15-7-4-10-24(15)14-8-9-23-11-13(14)16(17)18(25)12-5-2-1-3-6-12/h1-11H. The smallest absolute Gasteiger partial charge is 0.316 e. The van der Waals surface area contributed by atoms with Crippen molar-refractivity contribution in [3.05, 3.63) is 83.8 Å². The molecule has 0 aliphatic rings. The fourth-order valence-corrected chi connectivity index (χ4v) is 3.10. The minimum atomic E-state index is -4.68. The van der Waals surface area contributed by atoms with E-state index in [1.807, 2.05) is 0 Å². The van der Waals surface area contributed by atoms with E-state index in [-0.39, 0.29) is 22.0 Å². The maximum absolute atomic E-state index is 13.9. The van der Waals surface area contributed by atoms with Crippen LogP contribution in [0.1, 0.15) is 21.5 Å². The van der Waals surface area contributed by atoms with Gasteiger partial charge in [0.25, 0.3) is 0 Å². The van der Waals surface area contributed by atoms with Crippen LogP contribution in [0.25, 0.3) is 16.4 Å². The second-order valence-corrected chi connectivity index (χ2v) is 5.60. The van der Waals surface area contributed by atoms with Crippen molar-refractivity contribution in [2.45, 2.75) is 6.18 Å². The van der Waals surface area contributed by atoms with Crippen molar-refractivity contribution >= 4 is 22.2 Å². The molecule has 0 saturated heterocycles. The molecule has 0 N–H and O–H groups in total. The topological polar surface area (TPSA) is 34.4 Å². The average molecular weight is 340 g/mol. The number of nitrogens with zero attached hydrogens (tertiary/aromatic N) is 2. The van der Waals surface area contributed by atoms with Gasteiger partial charge in [-0.05, 0) is 18.2 Å². The monoisotopic (exact) mass is 340 g/mol. The van der Waals surface area contributed by atoms with Crippen LogP contribution in [0.15, 0.2) is 67.1 Å². The van der Waals surface area contributed by atoms with Gasteiger partial charge in [0.15, 0.2) is 5.78 Å². The molecule has 0 unspecified atom stereocenters. The molecule has 3 heterocycles. The van der Waals surface area contributed by atoms with Crippen LogP contribution in [0.5, 0.6) is 0 Å². The number of ketones is 1. The number of carbonyl (C=O) groups is 1. The van der Waals surface area contributed by atoms with E-state index in [0.717, 1.165) is 0 Å². The first-order chi connectivity index (χ1) is 12.0. The van der Waals surface area contributed by atoms with Gasteiger partial charge in [0, 0.05) is 35.1 Å². The summed E-state index contributed by atoms with van der Waals surface area (Å²) in [6.07, 6.45) is -0.334. The molecule has 0 atom stereocenters. The lowest BCUT2D eigenvalue weighted by atomic mass is 9.94. The van der Waals surface area contributed by atoms with Gasteiger partial charge >= 0.3 is 6.18 Å². The van der Waals surface area contributed by atoms with Gasteiger partial charge in [-0.1, -0.05) is 30.3 Å².